The van der Waals surface area contributed by atoms with E-state index in [1.807, 2.05) is 0 Å². The van der Waals surface area contributed by atoms with Crippen molar-refractivity contribution in [3.8, 4) is 5.75 Å². The number of carbonyl (C=O) groups excluding carboxylic acids is 1. The lowest BCUT2D eigenvalue weighted by molar-refractivity contribution is 0.100. The zero-order valence-electron chi connectivity index (χ0n) is 7.00. The lowest BCUT2D eigenvalue weighted by Gasteiger charge is -2.07. The Balaban J connectivity index is 3.30. The van der Waals surface area contributed by atoms with Gasteiger partial charge in [-0.15, -0.1) is 0 Å². The van der Waals surface area contributed by atoms with E-state index in [0.717, 1.165) is 0 Å². The highest BCUT2D eigenvalue weighted by molar-refractivity contribution is 9.10. The van der Waals surface area contributed by atoms with Crippen LogP contribution in [0.15, 0.2) is 16.6 Å². The maximum absolute atomic E-state index is 10.9. The molecule has 1 amide bonds. The monoisotopic (exact) mass is 244 g/mol. The van der Waals surface area contributed by atoms with E-state index in [0.29, 0.717) is 15.9 Å². The van der Waals surface area contributed by atoms with Crippen LogP contribution in [0.5, 0.6) is 5.75 Å². The van der Waals surface area contributed by atoms with Crippen molar-refractivity contribution in [2.75, 3.05) is 12.8 Å². The van der Waals surface area contributed by atoms with Gasteiger partial charge in [0.15, 0.2) is 0 Å². The SMILES string of the molecule is COc1cc(C(N)=O)c(N)cc1Br. The molecule has 13 heavy (non-hydrogen) atoms. The molecule has 0 saturated heterocycles. The maximum Gasteiger partial charge on any atom is 0.250 e. The molecule has 70 valence electrons. The van der Waals surface area contributed by atoms with Crippen molar-refractivity contribution in [3.05, 3.63) is 22.2 Å². The largest absolute Gasteiger partial charge is 0.496 e. The smallest absolute Gasteiger partial charge is 0.250 e. The standard InChI is InChI=1S/C8H9BrN2O2/c1-13-7-2-4(8(11)12)6(10)3-5(7)9/h2-3H,10H2,1H3,(H2,11,12). The molecule has 1 rings (SSSR count). The van der Waals surface area contributed by atoms with Gasteiger partial charge in [0.25, 0.3) is 5.91 Å². The number of primary amides is 1. The van der Waals surface area contributed by atoms with Gasteiger partial charge < -0.3 is 16.2 Å². The van der Waals surface area contributed by atoms with E-state index >= 15 is 0 Å². The number of hydrogen-bond donors (Lipinski definition) is 2. The quantitative estimate of drug-likeness (QED) is 0.767. The molecule has 0 aliphatic rings. The van der Waals surface area contributed by atoms with Crippen LogP contribution in [0.4, 0.5) is 5.69 Å². The Hall–Kier alpha value is -1.23. The molecule has 0 unspecified atom stereocenters. The second-order valence-corrected chi connectivity index (χ2v) is 3.29. The summed E-state index contributed by atoms with van der Waals surface area (Å²) in [5.74, 6) is -0.0358. The predicted molar refractivity (Wildman–Crippen MR) is 53.6 cm³/mol. The number of anilines is 1. The third kappa shape index (κ3) is 1.92. The van der Waals surface area contributed by atoms with Crippen LogP contribution in [0.1, 0.15) is 10.4 Å². The third-order valence-electron chi connectivity index (χ3n) is 1.59. The summed E-state index contributed by atoms with van der Waals surface area (Å²) in [7, 11) is 1.50. The summed E-state index contributed by atoms with van der Waals surface area (Å²) < 4.78 is 5.67. The zero-order chi connectivity index (χ0) is 10.0. The van der Waals surface area contributed by atoms with Crippen LogP contribution < -0.4 is 16.2 Å². The maximum atomic E-state index is 10.9. The van der Waals surface area contributed by atoms with Crippen LogP contribution in [0.3, 0.4) is 0 Å². The van der Waals surface area contributed by atoms with Crippen molar-refractivity contribution in [2.24, 2.45) is 5.73 Å². The van der Waals surface area contributed by atoms with Gasteiger partial charge in [-0.25, -0.2) is 0 Å². The van der Waals surface area contributed by atoms with Crippen LogP contribution in [-0.4, -0.2) is 13.0 Å². The van der Waals surface area contributed by atoms with Crippen molar-refractivity contribution in [1.29, 1.82) is 0 Å². The normalized spacial score (nSPS) is 9.69. The first kappa shape index (κ1) is 9.85. The van der Waals surface area contributed by atoms with Gasteiger partial charge in [0, 0.05) is 5.69 Å². The summed E-state index contributed by atoms with van der Waals surface area (Å²) >= 11 is 3.23. The van der Waals surface area contributed by atoms with Gasteiger partial charge in [-0.2, -0.15) is 0 Å². The minimum absolute atomic E-state index is 0.264. The first-order valence-corrected chi connectivity index (χ1v) is 4.28. The summed E-state index contributed by atoms with van der Waals surface area (Å²) in [6.45, 7) is 0. The summed E-state index contributed by atoms with van der Waals surface area (Å²) in [6, 6.07) is 3.08. The lowest BCUT2D eigenvalue weighted by Crippen LogP contribution is -2.13. The zero-order valence-corrected chi connectivity index (χ0v) is 8.59. The molecule has 5 heteroatoms. The first-order valence-electron chi connectivity index (χ1n) is 3.49. The van der Waals surface area contributed by atoms with Crippen molar-refractivity contribution in [2.45, 2.75) is 0 Å². The molecular formula is C8H9BrN2O2. The summed E-state index contributed by atoms with van der Waals surface area (Å²) in [6.07, 6.45) is 0. The van der Waals surface area contributed by atoms with Crippen molar-refractivity contribution in [3.63, 3.8) is 0 Å². The number of amides is 1. The fourth-order valence-corrected chi connectivity index (χ4v) is 1.46. The fraction of sp³-hybridized carbons (Fsp3) is 0.125. The molecule has 0 aromatic heterocycles. The average molecular weight is 245 g/mol. The molecule has 1 aromatic rings. The molecule has 0 spiro atoms. The highest BCUT2D eigenvalue weighted by atomic mass is 79.9. The molecule has 0 saturated carbocycles. The Morgan fingerprint density at radius 1 is 1.54 bits per heavy atom. The Kier molecular flexibility index (Phi) is 2.77. The van der Waals surface area contributed by atoms with Gasteiger partial charge in [0.05, 0.1) is 17.1 Å². The molecule has 1 aromatic carbocycles. The number of ether oxygens (including phenoxy) is 1. The summed E-state index contributed by atoms with van der Waals surface area (Å²) in [4.78, 5) is 10.9. The van der Waals surface area contributed by atoms with E-state index in [1.165, 1.54) is 13.2 Å². The molecule has 0 bridgehead atoms. The molecule has 0 aliphatic heterocycles. The second kappa shape index (κ2) is 3.66. The van der Waals surface area contributed by atoms with Gasteiger partial charge >= 0.3 is 0 Å². The van der Waals surface area contributed by atoms with Gasteiger partial charge in [-0.1, -0.05) is 0 Å². The lowest BCUT2D eigenvalue weighted by atomic mass is 10.1. The number of rotatable bonds is 2. The second-order valence-electron chi connectivity index (χ2n) is 2.44. The van der Waals surface area contributed by atoms with E-state index in [4.69, 9.17) is 16.2 Å². The number of nitrogen functional groups attached to an aromatic ring is 1. The predicted octanol–water partition coefficient (Wildman–Crippen LogP) is 1.14. The van der Waals surface area contributed by atoms with E-state index in [1.54, 1.807) is 6.07 Å². The highest BCUT2D eigenvalue weighted by Crippen LogP contribution is 2.29. The molecule has 0 aliphatic carbocycles. The Morgan fingerprint density at radius 2 is 2.15 bits per heavy atom. The highest BCUT2D eigenvalue weighted by Gasteiger charge is 2.10. The molecule has 0 heterocycles. The molecular weight excluding hydrogens is 236 g/mol. The van der Waals surface area contributed by atoms with Crippen LogP contribution >= 0.6 is 15.9 Å². The van der Waals surface area contributed by atoms with E-state index in [9.17, 15) is 4.79 Å². The number of benzene rings is 1. The topological polar surface area (TPSA) is 78.3 Å². The number of methoxy groups -OCH3 is 1. The van der Waals surface area contributed by atoms with Gasteiger partial charge in [-0.05, 0) is 28.1 Å². The third-order valence-corrected chi connectivity index (χ3v) is 2.21. The number of halogens is 1. The van der Waals surface area contributed by atoms with Crippen molar-refractivity contribution in [1.82, 2.24) is 0 Å². The van der Waals surface area contributed by atoms with Gasteiger partial charge in [0.2, 0.25) is 0 Å². The van der Waals surface area contributed by atoms with E-state index in [-0.39, 0.29) is 5.56 Å². The Bertz CT molecular complexity index is 352. The molecule has 0 atom stereocenters. The van der Waals surface area contributed by atoms with Crippen LogP contribution in [0.25, 0.3) is 0 Å². The van der Waals surface area contributed by atoms with E-state index in [2.05, 4.69) is 15.9 Å². The minimum atomic E-state index is -0.566. The van der Waals surface area contributed by atoms with Crippen LogP contribution in [0.2, 0.25) is 0 Å². The van der Waals surface area contributed by atoms with Gasteiger partial charge in [-0.3, -0.25) is 4.79 Å². The van der Waals surface area contributed by atoms with Crippen LogP contribution in [0, 0.1) is 0 Å². The number of nitrogens with two attached hydrogens (primary N) is 2. The number of hydrogen-bond acceptors (Lipinski definition) is 3. The minimum Gasteiger partial charge on any atom is -0.496 e. The van der Waals surface area contributed by atoms with Crippen LogP contribution in [-0.2, 0) is 0 Å². The van der Waals surface area contributed by atoms with Crippen molar-refractivity contribution < 1.29 is 9.53 Å². The fourth-order valence-electron chi connectivity index (χ4n) is 0.939. The summed E-state index contributed by atoms with van der Waals surface area (Å²) in [5, 5.41) is 0. The van der Waals surface area contributed by atoms with Crippen molar-refractivity contribution >= 4 is 27.5 Å². The number of carbonyl (C=O) groups is 1. The van der Waals surface area contributed by atoms with E-state index < -0.39 is 5.91 Å². The molecule has 0 fully saturated rings. The Morgan fingerprint density at radius 3 is 2.62 bits per heavy atom. The van der Waals surface area contributed by atoms with Gasteiger partial charge in [0.1, 0.15) is 5.75 Å². The molecule has 4 N–H and O–H groups in total. The average Bonchev–Trinajstić information content (AvgIpc) is 2.03. The molecule has 0 radical (unpaired) electrons. The summed E-state index contributed by atoms with van der Waals surface area (Å²) in [5.41, 5.74) is 11.3. The Labute approximate surface area is 84.0 Å². The first-order chi connectivity index (χ1) is 6.06. The molecule has 4 nitrogen and oxygen atoms in total.